The van der Waals surface area contributed by atoms with Crippen molar-refractivity contribution >= 4 is 11.9 Å². The zero-order chi connectivity index (χ0) is 23.5. The van der Waals surface area contributed by atoms with Crippen LogP contribution in [0, 0.1) is 0 Å². The smallest absolute Gasteiger partial charge is 0.335 e. The molecule has 0 fully saturated rings. The Morgan fingerprint density at radius 3 is 1.53 bits per heavy atom. The summed E-state index contributed by atoms with van der Waals surface area (Å²) >= 11 is 0. The highest BCUT2D eigenvalue weighted by Crippen LogP contribution is 2.34. The summed E-state index contributed by atoms with van der Waals surface area (Å²) in [5.74, 6) is -1.56. The molecule has 0 amide bonds. The van der Waals surface area contributed by atoms with Crippen molar-refractivity contribution < 1.29 is 19.8 Å². The minimum absolute atomic E-state index is 0.230. The Balaban J connectivity index is 0.000000336. The molecule has 4 nitrogen and oxygen atoms in total. The van der Waals surface area contributed by atoms with Gasteiger partial charge in [-0.15, -0.1) is 0 Å². The molecule has 0 spiro atoms. The molecule has 0 radical (unpaired) electrons. The molecule has 0 heterocycles. The van der Waals surface area contributed by atoms with E-state index in [1.165, 1.54) is 5.56 Å². The van der Waals surface area contributed by atoms with Gasteiger partial charge in [0.2, 0.25) is 0 Å². The number of carbonyl (C=O) groups is 2. The maximum atomic E-state index is 11.5. The van der Waals surface area contributed by atoms with Crippen LogP contribution in [0.1, 0.15) is 89.3 Å². The molecule has 3 aromatic rings. The van der Waals surface area contributed by atoms with E-state index in [0.717, 1.165) is 12.8 Å². The third-order valence-corrected chi connectivity index (χ3v) is 5.45. The maximum absolute atomic E-state index is 11.5. The molecule has 32 heavy (non-hydrogen) atoms. The van der Waals surface area contributed by atoms with Crippen molar-refractivity contribution in [2.24, 2.45) is 0 Å². The van der Waals surface area contributed by atoms with E-state index in [4.69, 9.17) is 0 Å². The standard InChI is InChI=1S/C19H20O4.C9H12/c1-2-3-8-13(14-9-4-6-11-16(14)18(20)21)15-10-5-7-12-17(15)19(22)23;1-8(2)9-6-4-3-5-7-9/h4-7,9-13H,2-3,8H2,1H3,(H,20,21)(H,22,23);3-8H,1-2H3. The van der Waals surface area contributed by atoms with Gasteiger partial charge in [-0.2, -0.15) is 0 Å². The first-order valence-corrected chi connectivity index (χ1v) is 11.1. The highest BCUT2D eigenvalue weighted by atomic mass is 16.4. The van der Waals surface area contributed by atoms with Crippen LogP contribution >= 0.6 is 0 Å². The molecular weight excluding hydrogens is 400 g/mol. The summed E-state index contributed by atoms with van der Waals surface area (Å²) in [7, 11) is 0. The molecule has 168 valence electrons. The second kappa shape index (κ2) is 12.5. The molecule has 2 N–H and O–H groups in total. The van der Waals surface area contributed by atoms with Crippen LogP contribution in [0.3, 0.4) is 0 Å². The Labute approximate surface area is 190 Å². The quantitative estimate of drug-likeness (QED) is 0.394. The lowest BCUT2D eigenvalue weighted by atomic mass is 9.82. The minimum atomic E-state index is -0.991. The number of rotatable bonds is 8. The molecule has 0 aliphatic rings. The predicted molar refractivity (Wildman–Crippen MR) is 129 cm³/mol. The second-order valence-corrected chi connectivity index (χ2v) is 8.05. The molecule has 0 aliphatic heterocycles. The van der Waals surface area contributed by atoms with Crippen LogP contribution in [0.4, 0.5) is 0 Å². The van der Waals surface area contributed by atoms with Crippen molar-refractivity contribution in [3.05, 3.63) is 107 Å². The summed E-state index contributed by atoms with van der Waals surface area (Å²) in [6.45, 7) is 6.47. The zero-order valence-electron chi connectivity index (χ0n) is 19.0. The lowest BCUT2D eigenvalue weighted by molar-refractivity contribution is 0.0686. The fourth-order valence-corrected chi connectivity index (χ4v) is 3.72. The summed E-state index contributed by atoms with van der Waals surface area (Å²) in [5.41, 5.74) is 3.21. The predicted octanol–water partition coefficient (Wildman–Crippen LogP) is 7.22. The number of hydrogen-bond donors (Lipinski definition) is 2. The first-order chi connectivity index (χ1) is 15.4. The Morgan fingerprint density at radius 2 is 1.16 bits per heavy atom. The first-order valence-electron chi connectivity index (χ1n) is 11.1. The van der Waals surface area contributed by atoms with Gasteiger partial charge in [-0.1, -0.05) is 100 Å². The lowest BCUT2D eigenvalue weighted by Gasteiger charge is -2.21. The van der Waals surface area contributed by atoms with Gasteiger partial charge < -0.3 is 10.2 Å². The Morgan fingerprint density at radius 1 is 0.719 bits per heavy atom. The average molecular weight is 433 g/mol. The summed E-state index contributed by atoms with van der Waals surface area (Å²) in [6.07, 6.45) is 2.57. The summed E-state index contributed by atoms with van der Waals surface area (Å²) in [4.78, 5) is 23.1. The van der Waals surface area contributed by atoms with E-state index in [1.807, 2.05) is 6.07 Å². The fraction of sp³-hybridized carbons (Fsp3) is 0.286. The summed E-state index contributed by atoms with van der Waals surface area (Å²) in [6, 6.07) is 24.2. The average Bonchev–Trinajstić information content (AvgIpc) is 2.80. The molecule has 0 saturated carbocycles. The third kappa shape index (κ3) is 6.81. The van der Waals surface area contributed by atoms with Crippen molar-refractivity contribution in [3.8, 4) is 0 Å². The Bertz CT molecular complexity index is 951. The molecule has 0 bridgehead atoms. The number of carboxylic acid groups (broad SMARTS) is 2. The van der Waals surface area contributed by atoms with Crippen LogP contribution in [0.15, 0.2) is 78.9 Å². The van der Waals surface area contributed by atoms with Crippen LogP contribution in [-0.4, -0.2) is 22.2 Å². The second-order valence-electron chi connectivity index (χ2n) is 8.05. The number of aromatic carboxylic acids is 2. The van der Waals surface area contributed by atoms with E-state index in [2.05, 4.69) is 45.0 Å². The van der Waals surface area contributed by atoms with E-state index in [9.17, 15) is 19.8 Å². The fourth-order valence-electron chi connectivity index (χ4n) is 3.72. The highest BCUT2D eigenvalue weighted by Gasteiger charge is 2.23. The molecule has 0 atom stereocenters. The van der Waals surface area contributed by atoms with Gasteiger partial charge in [-0.05, 0) is 41.2 Å². The number of benzene rings is 3. The van der Waals surface area contributed by atoms with Crippen LogP contribution in [0.25, 0.3) is 0 Å². The molecule has 4 heteroatoms. The first kappa shape index (κ1) is 24.9. The molecular formula is C28H32O4. The van der Waals surface area contributed by atoms with Gasteiger partial charge in [0, 0.05) is 5.92 Å². The molecule has 0 saturated heterocycles. The van der Waals surface area contributed by atoms with E-state index in [-0.39, 0.29) is 17.0 Å². The summed E-state index contributed by atoms with van der Waals surface area (Å²) in [5, 5.41) is 18.9. The molecule has 3 rings (SSSR count). The number of hydrogen-bond acceptors (Lipinski definition) is 2. The van der Waals surface area contributed by atoms with Gasteiger partial charge in [0.15, 0.2) is 0 Å². The minimum Gasteiger partial charge on any atom is -0.478 e. The van der Waals surface area contributed by atoms with Crippen molar-refractivity contribution in [1.29, 1.82) is 0 Å². The van der Waals surface area contributed by atoms with Crippen molar-refractivity contribution in [1.82, 2.24) is 0 Å². The highest BCUT2D eigenvalue weighted by molar-refractivity contribution is 5.92. The van der Waals surface area contributed by atoms with Gasteiger partial charge in [0.05, 0.1) is 11.1 Å². The molecule has 3 aromatic carbocycles. The van der Waals surface area contributed by atoms with E-state index < -0.39 is 11.9 Å². The molecule has 0 aromatic heterocycles. The molecule has 0 unspecified atom stereocenters. The van der Waals surface area contributed by atoms with Crippen molar-refractivity contribution in [2.75, 3.05) is 0 Å². The van der Waals surface area contributed by atoms with E-state index in [1.54, 1.807) is 48.5 Å². The van der Waals surface area contributed by atoms with Gasteiger partial charge in [-0.3, -0.25) is 0 Å². The largest absolute Gasteiger partial charge is 0.478 e. The third-order valence-electron chi connectivity index (χ3n) is 5.45. The van der Waals surface area contributed by atoms with Crippen molar-refractivity contribution in [3.63, 3.8) is 0 Å². The van der Waals surface area contributed by atoms with Crippen LogP contribution in [0.5, 0.6) is 0 Å². The number of carboxylic acids is 2. The Kier molecular flexibility index (Phi) is 9.68. The zero-order valence-corrected chi connectivity index (χ0v) is 19.0. The van der Waals surface area contributed by atoms with Gasteiger partial charge in [0.1, 0.15) is 0 Å². The van der Waals surface area contributed by atoms with Crippen molar-refractivity contribution in [2.45, 2.75) is 51.9 Å². The molecule has 0 aliphatic carbocycles. The van der Waals surface area contributed by atoms with Gasteiger partial charge in [-0.25, -0.2) is 9.59 Å². The lowest BCUT2D eigenvalue weighted by Crippen LogP contribution is -2.12. The van der Waals surface area contributed by atoms with E-state index in [0.29, 0.717) is 23.5 Å². The van der Waals surface area contributed by atoms with Gasteiger partial charge in [0.25, 0.3) is 0 Å². The van der Waals surface area contributed by atoms with Crippen LogP contribution in [0.2, 0.25) is 0 Å². The SMILES string of the molecule is CC(C)c1ccccc1.CCCCC(c1ccccc1C(=O)O)c1ccccc1C(=O)O. The Hall–Kier alpha value is -3.40. The maximum Gasteiger partial charge on any atom is 0.335 e. The van der Waals surface area contributed by atoms with Crippen LogP contribution < -0.4 is 0 Å². The summed E-state index contributed by atoms with van der Waals surface area (Å²) < 4.78 is 0. The van der Waals surface area contributed by atoms with Crippen LogP contribution in [-0.2, 0) is 0 Å². The monoisotopic (exact) mass is 432 g/mol. The normalized spacial score (nSPS) is 10.5. The van der Waals surface area contributed by atoms with Gasteiger partial charge >= 0.3 is 11.9 Å². The number of unbranched alkanes of at least 4 members (excludes halogenated alkanes) is 1. The topological polar surface area (TPSA) is 74.6 Å². The van der Waals surface area contributed by atoms with E-state index >= 15 is 0 Å².